The molecule has 1 unspecified atom stereocenters. The number of hydrogen-bond donors (Lipinski definition) is 2. The summed E-state index contributed by atoms with van der Waals surface area (Å²) < 4.78 is 51.9. The van der Waals surface area contributed by atoms with Crippen molar-refractivity contribution in [2.24, 2.45) is 0 Å². The van der Waals surface area contributed by atoms with Crippen LogP contribution in [0.15, 0.2) is 47.4 Å². The summed E-state index contributed by atoms with van der Waals surface area (Å²) in [6, 6.07) is 8.55. The van der Waals surface area contributed by atoms with Gasteiger partial charge in [0.15, 0.2) is 11.9 Å². The first-order valence-corrected chi connectivity index (χ1v) is 12.6. The number of nitrogens with one attached hydrogen (secondary N) is 1. The Morgan fingerprint density at radius 2 is 2.03 bits per heavy atom. The zero-order valence-corrected chi connectivity index (χ0v) is 20.8. The van der Waals surface area contributed by atoms with Crippen LogP contribution in [0.3, 0.4) is 0 Å². The van der Waals surface area contributed by atoms with Gasteiger partial charge in [-0.3, -0.25) is 13.9 Å². The van der Waals surface area contributed by atoms with Crippen molar-refractivity contribution in [2.75, 3.05) is 12.3 Å². The SMILES string of the molecule is CC(C)OC(=O)[C@@H](C)N[P@@](=O)(OCC1C[C@@](C)(F)[C@H](n2ccc(N)nc2=O)O1)Oc1ccccc1. The van der Waals surface area contributed by atoms with Crippen molar-refractivity contribution in [3.8, 4) is 5.75 Å². The van der Waals surface area contributed by atoms with E-state index in [9.17, 15) is 14.2 Å². The Labute approximate surface area is 202 Å². The first-order valence-electron chi connectivity index (χ1n) is 11.0. The third kappa shape index (κ3) is 7.11. The molecule has 0 aliphatic carbocycles. The lowest BCUT2D eigenvalue weighted by Gasteiger charge is -2.24. The summed E-state index contributed by atoms with van der Waals surface area (Å²) in [7, 11) is -4.15. The van der Waals surface area contributed by atoms with Crippen LogP contribution in [0.5, 0.6) is 5.75 Å². The molecule has 3 N–H and O–H groups in total. The van der Waals surface area contributed by atoms with Gasteiger partial charge in [0.25, 0.3) is 0 Å². The van der Waals surface area contributed by atoms with E-state index in [1.165, 1.54) is 26.1 Å². The number of carbonyl (C=O) groups is 1. The summed E-state index contributed by atoms with van der Waals surface area (Å²) in [5.74, 6) is -0.420. The number of rotatable bonds is 10. The summed E-state index contributed by atoms with van der Waals surface area (Å²) in [4.78, 5) is 28.0. The van der Waals surface area contributed by atoms with Crippen molar-refractivity contribution in [1.29, 1.82) is 0 Å². The predicted octanol–water partition coefficient (Wildman–Crippen LogP) is 2.97. The van der Waals surface area contributed by atoms with Gasteiger partial charge < -0.3 is 19.7 Å². The standard InChI is InChI=1S/C22H30FN4O7P/c1-14(2)32-19(28)15(3)26-35(30,34-16-8-6-5-7-9-16)31-13-17-12-22(4,23)20(33-17)27-11-10-18(24)25-21(27)29/h5-11,14-15,17,20H,12-13H2,1-4H3,(H,26,30)(H2,24,25,29)/t15-,17?,20-,22-,35-/m1/s1. The minimum Gasteiger partial charge on any atom is -0.462 e. The maximum absolute atomic E-state index is 15.3. The molecule has 13 heteroatoms. The van der Waals surface area contributed by atoms with Gasteiger partial charge in [-0.2, -0.15) is 10.1 Å². The van der Waals surface area contributed by atoms with Crippen molar-refractivity contribution >= 4 is 19.5 Å². The molecule has 0 amide bonds. The molecular formula is C22H30FN4O7P. The molecule has 1 aromatic carbocycles. The highest BCUT2D eigenvalue weighted by atomic mass is 31.2. The molecule has 0 saturated carbocycles. The average molecular weight is 512 g/mol. The number of esters is 1. The lowest BCUT2D eigenvalue weighted by Crippen LogP contribution is -2.36. The van der Waals surface area contributed by atoms with E-state index < -0.39 is 43.4 Å². The van der Waals surface area contributed by atoms with Crippen LogP contribution < -0.4 is 21.0 Å². The number of halogens is 1. The van der Waals surface area contributed by atoms with Gasteiger partial charge in [0, 0.05) is 12.6 Å². The van der Waals surface area contributed by atoms with Gasteiger partial charge in [-0.25, -0.2) is 13.8 Å². The molecule has 0 spiro atoms. The largest absolute Gasteiger partial charge is 0.462 e. The Balaban J connectivity index is 1.74. The number of hydrogen-bond acceptors (Lipinski definition) is 9. The van der Waals surface area contributed by atoms with Crippen LogP contribution >= 0.6 is 7.75 Å². The normalized spacial score (nSPS) is 24.6. The molecule has 1 fully saturated rings. The van der Waals surface area contributed by atoms with E-state index >= 15 is 4.39 Å². The molecule has 192 valence electrons. The highest BCUT2D eigenvalue weighted by Crippen LogP contribution is 2.47. The summed E-state index contributed by atoms with van der Waals surface area (Å²) in [6.45, 7) is 5.76. The second-order valence-corrected chi connectivity index (χ2v) is 10.4. The molecule has 35 heavy (non-hydrogen) atoms. The molecule has 1 saturated heterocycles. The third-order valence-corrected chi connectivity index (χ3v) is 6.67. The van der Waals surface area contributed by atoms with Crippen molar-refractivity contribution in [3.63, 3.8) is 0 Å². The lowest BCUT2D eigenvalue weighted by atomic mass is 10.0. The van der Waals surface area contributed by atoms with Gasteiger partial charge >= 0.3 is 19.4 Å². The van der Waals surface area contributed by atoms with E-state index in [1.807, 2.05) is 0 Å². The number of carbonyl (C=O) groups excluding carboxylic acids is 1. The van der Waals surface area contributed by atoms with E-state index in [4.69, 9.17) is 24.3 Å². The highest BCUT2D eigenvalue weighted by Gasteiger charge is 2.48. The van der Waals surface area contributed by atoms with Crippen molar-refractivity contribution in [2.45, 2.75) is 64.3 Å². The number of para-hydroxylation sites is 1. The van der Waals surface area contributed by atoms with Gasteiger partial charge in [0.05, 0.1) is 18.8 Å². The minimum absolute atomic E-state index is 0.000113. The van der Waals surface area contributed by atoms with E-state index in [0.29, 0.717) is 0 Å². The average Bonchev–Trinajstić information content (AvgIpc) is 3.06. The number of ether oxygens (including phenoxy) is 2. The smallest absolute Gasteiger partial charge is 0.459 e. The van der Waals surface area contributed by atoms with Gasteiger partial charge in [0.2, 0.25) is 0 Å². The van der Waals surface area contributed by atoms with Crippen LogP contribution in [-0.4, -0.2) is 46.0 Å². The van der Waals surface area contributed by atoms with Crippen molar-refractivity contribution in [3.05, 3.63) is 53.1 Å². The Bertz CT molecular complexity index is 1130. The van der Waals surface area contributed by atoms with Crippen LogP contribution in [0.2, 0.25) is 0 Å². The van der Waals surface area contributed by atoms with Crippen LogP contribution in [0.1, 0.15) is 40.3 Å². The predicted molar refractivity (Wildman–Crippen MR) is 125 cm³/mol. The maximum Gasteiger partial charge on any atom is 0.459 e. The number of anilines is 1. The molecule has 3 rings (SSSR count). The van der Waals surface area contributed by atoms with Crippen LogP contribution in [-0.2, 0) is 23.4 Å². The molecule has 5 atom stereocenters. The van der Waals surface area contributed by atoms with E-state index in [0.717, 1.165) is 4.57 Å². The Morgan fingerprint density at radius 3 is 2.66 bits per heavy atom. The fourth-order valence-corrected chi connectivity index (χ4v) is 5.01. The molecule has 0 radical (unpaired) electrons. The van der Waals surface area contributed by atoms with Crippen LogP contribution in [0, 0.1) is 0 Å². The molecular weight excluding hydrogens is 482 g/mol. The third-order valence-electron chi connectivity index (χ3n) is 5.02. The van der Waals surface area contributed by atoms with Gasteiger partial charge in [-0.15, -0.1) is 0 Å². The van der Waals surface area contributed by atoms with Gasteiger partial charge in [-0.05, 0) is 45.9 Å². The topological polar surface area (TPSA) is 144 Å². The number of nitrogen functional groups attached to an aromatic ring is 1. The number of nitrogens with two attached hydrogens (primary N) is 1. The maximum atomic E-state index is 15.3. The molecule has 2 heterocycles. The second kappa shape index (κ2) is 10.9. The molecule has 0 bridgehead atoms. The molecule has 1 aliphatic heterocycles. The van der Waals surface area contributed by atoms with Crippen molar-refractivity contribution in [1.82, 2.24) is 14.6 Å². The molecule has 1 aromatic heterocycles. The summed E-state index contributed by atoms with van der Waals surface area (Å²) >= 11 is 0. The van der Waals surface area contributed by atoms with Crippen LogP contribution in [0.4, 0.5) is 10.2 Å². The molecule has 1 aliphatic rings. The van der Waals surface area contributed by atoms with E-state index in [1.54, 1.807) is 44.2 Å². The number of alkyl halides is 1. The van der Waals surface area contributed by atoms with Crippen molar-refractivity contribution < 1.29 is 32.3 Å². The summed E-state index contributed by atoms with van der Waals surface area (Å²) in [5, 5.41) is 2.56. The lowest BCUT2D eigenvalue weighted by molar-refractivity contribution is -0.149. The Hall–Kier alpha value is -2.79. The van der Waals surface area contributed by atoms with E-state index in [-0.39, 0.29) is 30.7 Å². The van der Waals surface area contributed by atoms with Gasteiger partial charge in [-0.1, -0.05) is 18.2 Å². The fourth-order valence-electron chi connectivity index (χ4n) is 3.49. The summed E-state index contributed by atoms with van der Waals surface area (Å²) in [6.07, 6.45) is -1.42. The monoisotopic (exact) mass is 512 g/mol. The molecule has 11 nitrogen and oxygen atoms in total. The minimum atomic E-state index is -4.15. The second-order valence-electron chi connectivity index (χ2n) is 8.67. The first-order chi connectivity index (χ1) is 16.4. The first kappa shape index (κ1) is 26.8. The fraction of sp³-hybridized carbons (Fsp3) is 0.500. The van der Waals surface area contributed by atoms with Crippen LogP contribution in [0.25, 0.3) is 0 Å². The number of aromatic nitrogens is 2. The number of benzene rings is 1. The zero-order valence-electron chi connectivity index (χ0n) is 19.9. The Kier molecular flexibility index (Phi) is 8.32. The number of nitrogens with zero attached hydrogens (tertiary/aromatic N) is 2. The summed E-state index contributed by atoms with van der Waals surface area (Å²) in [5.41, 5.74) is 2.78. The Morgan fingerprint density at radius 1 is 1.34 bits per heavy atom. The quantitative estimate of drug-likeness (QED) is 0.360. The molecule has 2 aromatic rings. The van der Waals surface area contributed by atoms with Gasteiger partial charge in [0.1, 0.15) is 17.6 Å². The highest BCUT2D eigenvalue weighted by molar-refractivity contribution is 7.52. The van der Waals surface area contributed by atoms with E-state index in [2.05, 4.69) is 10.1 Å². The zero-order chi connectivity index (χ0) is 25.8.